The van der Waals surface area contributed by atoms with Crippen LogP contribution < -0.4 is 13.8 Å². The van der Waals surface area contributed by atoms with Gasteiger partial charge in [-0.1, -0.05) is 24.3 Å². The summed E-state index contributed by atoms with van der Waals surface area (Å²) in [4.78, 5) is 25.9. The Labute approximate surface area is 187 Å². The molecule has 0 unspecified atom stereocenters. The molecule has 0 bridgehead atoms. The molecule has 3 aromatic rings. The van der Waals surface area contributed by atoms with Gasteiger partial charge in [0, 0.05) is 18.0 Å². The van der Waals surface area contributed by atoms with Crippen molar-refractivity contribution < 1.29 is 19.3 Å². The third kappa shape index (κ3) is 5.13. The highest BCUT2D eigenvalue weighted by Gasteiger charge is 2.23. The van der Waals surface area contributed by atoms with Crippen molar-refractivity contribution in [1.29, 1.82) is 0 Å². The predicted octanol–water partition coefficient (Wildman–Crippen LogP) is 5.39. The summed E-state index contributed by atoms with van der Waals surface area (Å²) in [5.41, 5.74) is 0.363. The number of nitrogens with zero attached hydrogens (tertiary/aromatic N) is 4. The summed E-state index contributed by atoms with van der Waals surface area (Å²) >= 11 is 0.978. The van der Waals surface area contributed by atoms with E-state index < -0.39 is 15.5 Å². The van der Waals surface area contributed by atoms with Gasteiger partial charge in [-0.05, 0) is 30.3 Å². The Kier molecular flexibility index (Phi) is 7.24. The van der Waals surface area contributed by atoms with Crippen LogP contribution in [0.1, 0.15) is 0 Å². The first kappa shape index (κ1) is 22.6. The third-order valence-electron chi connectivity index (χ3n) is 4.26. The average molecular weight is 454 g/mol. The second-order valence-electron chi connectivity index (χ2n) is 6.17. The van der Waals surface area contributed by atoms with Crippen LogP contribution in [0.3, 0.4) is 0 Å². The van der Waals surface area contributed by atoms with E-state index in [0.29, 0.717) is 22.9 Å². The first-order valence-electron chi connectivity index (χ1n) is 9.15. The molecule has 0 radical (unpaired) electrons. The minimum atomic E-state index is -0.678. The van der Waals surface area contributed by atoms with Gasteiger partial charge in [-0.15, -0.1) is 0 Å². The Bertz CT molecular complexity index is 1170. The lowest BCUT2D eigenvalue weighted by Crippen LogP contribution is -2.13. The van der Waals surface area contributed by atoms with Crippen molar-refractivity contribution in [1.82, 2.24) is 0 Å². The molecule has 0 aliphatic carbocycles. The SMILES string of the molecule is COc1ccccc1N=CN(Sc1ccc([N+](=O)[O-])cc1[N+](=O)[O-])c1ccccc1OC. The van der Waals surface area contributed by atoms with E-state index in [0.717, 1.165) is 18.0 Å². The highest BCUT2D eigenvalue weighted by Crippen LogP contribution is 2.39. The molecule has 11 heteroatoms. The molecule has 32 heavy (non-hydrogen) atoms. The Balaban J connectivity index is 2.07. The summed E-state index contributed by atoms with van der Waals surface area (Å²) < 4.78 is 12.3. The second kappa shape index (κ2) is 10.3. The fraction of sp³-hybridized carbons (Fsp3) is 0.0952. The molecule has 0 aliphatic heterocycles. The molecular weight excluding hydrogens is 436 g/mol. The Morgan fingerprint density at radius 3 is 2.22 bits per heavy atom. The van der Waals surface area contributed by atoms with Gasteiger partial charge in [0.1, 0.15) is 28.4 Å². The van der Waals surface area contributed by atoms with Crippen molar-refractivity contribution in [3.05, 3.63) is 87.0 Å². The lowest BCUT2D eigenvalue weighted by molar-refractivity contribution is -0.396. The number of methoxy groups -OCH3 is 2. The lowest BCUT2D eigenvalue weighted by atomic mass is 10.3. The minimum absolute atomic E-state index is 0.193. The molecule has 0 atom stereocenters. The molecule has 3 rings (SSSR count). The molecule has 10 nitrogen and oxygen atoms in total. The maximum absolute atomic E-state index is 11.6. The zero-order valence-electron chi connectivity index (χ0n) is 17.1. The van der Waals surface area contributed by atoms with E-state index in [4.69, 9.17) is 9.47 Å². The van der Waals surface area contributed by atoms with Crippen molar-refractivity contribution in [3.63, 3.8) is 0 Å². The first-order chi connectivity index (χ1) is 15.4. The summed E-state index contributed by atoms with van der Waals surface area (Å²) in [7, 11) is 3.04. The number of hydrogen-bond acceptors (Lipinski definition) is 8. The van der Waals surface area contributed by atoms with Gasteiger partial charge in [0.25, 0.3) is 11.4 Å². The quantitative estimate of drug-likeness (QED) is 0.139. The molecule has 0 heterocycles. The summed E-state index contributed by atoms with van der Waals surface area (Å²) in [5.74, 6) is 1.06. The number of benzene rings is 3. The molecule has 0 amide bonds. The zero-order chi connectivity index (χ0) is 23.1. The summed E-state index contributed by atoms with van der Waals surface area (Å²) in [5, 5.41) is 22.6. The summed E-state index contributed by atoms with van der Waals surface area (Å²) in [6, 6.07) is 17.7. The van der Waals surface area contributed by atoms with Crippen molar-refractivity contribution in [3.8, 4) is 11.5 Å². The monoisotopic (exact) mass is 454 g/mol. The number of anilines is 1. The van der Waals surface area contributed by atoms with Crippen LogP contribution in [0.2, 0.25) is 0 Å². The largest absolute Gasteiger partial charge is 0.495 e. The molecule has 0 aromatic heterocycles. The zero-order valence-corrected chi connectivity index (χ0v) is 17.9. The number of nitro groups is 2. The summed E-state index contributed by atoms with van der Waals surface area (Å²) in [6.45, 7) is 0. The molecule has 0 saturated carbocycles. The molecule has 0 N–H and O–H groups in total. The van der Waals surface area contributed by atoms with Crippen LogP contribution in [0, 0.1) is 20.2 Å². The molecule has 0 aliphatic rings. The lowest BCUT2D eigenvalue weighted by Gasteiger charge is -2.20. The van der Waals surface area contributed by atoms with Crippen LogP contribution in [0.5, 0.6) is 11.5 Å². The van der Waals surface area contributed by atoms with E-state index in [1.165, 1.54) is 32.7 Å². The number of para-hydroxylation sites is 4. The van der Waals surface area contributed by atoms with Gasteiger partial charge in [0.2, 0.25) is 0 Å². The van der Waals surface area contributed by atoms with Gasteiger partial charge in [-0.25, -0.2) is 4.99 Å². The van der Waals surface area contributed by atoms with Crippen LogP contribution in [0.4, 0.5) is 22.7 Å². The molecule has 0 saturated heterocycles. The Morgan fingerprint density at radius 2 is 1.56 bits per heavy atom. The normalized spacial score (nSPS) is 10.7. The van der Waals surface area contributed by atoms with E-state index in [2.05, 4.69) is 4.99 Å². The van der Waals surface area contributed by atoms with Crippen LogP contribution in [-0.2, 0) is 0 Å². The van der Waals surface area contributed by atoms with Gasteiger partial charge in [-0.2, -0.15) is 0 Å². The van der Waals surface area contributed by atoms with E-state index >= 15 is 0 Å². The van der Waals surface area contributed by atoms with E-state index in [1.807, 2.05) is 6.07 Å². The van der Waals surface area contributed by atoms with Gasteiger partial charge >= 0.3 is 0 Å². The number of non-ortho nitro benzene ring substituents is 1. The topological polar surface area (TPSA) is 120 Å². The van der Waals surface area contributed by atoms with Gasteiger partial charge in [0.05, 0.1) is 35.8 Å². The fourth-order valence-electron chi connectivity index (χ4n) is 2.74. The average Bonchev–Trinajstić information content (AvgIpc) is 2.81. The second-order valence-corrected chi connectivity index (χ2v) is 7.19. The van der Waals surface area contributed by atoms with E-state index in [1.54, 1.807) is 46.8 Å². The number of rotatable bonds is 9. The molecule has 3 aromatic carbocycles. The number of hydrogen-bond donors (Lipinski definition) is 0. The number of ether oxygens (including phenoxy) is 2. The van der Waals surface area contributed by atoms with Crippen LogP contribution in [0.25, 0.3) is 0 Å². The van der Waals surface area contributed by atoms with E-state index in [-0.39, 0.29) is 10.6 Å². The Morgan fingerprint density at radius 1 is 0.906 bits per heavy atom. The standard InChI is InChI=1S/C21H18N4O6S/c1-30-19-9-5-3-7-16(19)22-14-23(17-8-4-6-10-20(17)31-2)32-21-12-11-15(24(26)27)13-18(21)25(28)29/h3-14H,1-2H3. The van der Waals surface area contributed by atoms with Crippen LogP contribution >= 0.6 is 11.9 Å². The molecule has 164 valence electrons. The molecular formula is C21H18N4O6S. The number of aliphatic imine (C=N–C) groups is 1. The highest BCUT2D eigenvalue weighted by molar-refractivity contribution is 8.01. The molecule has 0 fully saturated rings. The van der Waals surface area contributed by atoms with Crippen molar-refractivity contribution in [2.24, 2.45) is 4.99 Å². The van der Waals surface area contributed by atoms with Gasteiger partial charge < -0.3 is 9.47 Å². The first-order valence-corrected chi connectivity index (χ1v) is 9.92. The van der Waals surface area contributed by atoms with E-state index in [9.17, 15) is 20.2 Å². The smallest absolute Gasteiger partial charge is 0.291 e. The summed E-state index contributed by atoms with van der Waals surface area (Å²) in [6.07, 6.45) is 1.48. The van der Waals surface area contributed by atoms with Gasteiger partial charge in [0.15, 0.2) is 0 Å². The minimum Gasteiger partial charge on any atom is -0.495 e. The highest BCUT2D eigenvalue weighted by atomic mass is 32.2. The Hall–Kier alpha value is -4.12. The predicted molar refractivity (Wildman–Crippen MR) is 122 cm³/mol. The van der Waals surface area contributed by atoms with Crippen molar-refractivity contribution in [2.75, 3.05) is 18.5 Å². The number of nitro benzene ring substituents is 2. The molecule has 0 spiro atoms. The third-order valence-corrected chi connectivity index (χ3v) is 5.29. The van der Waals surface area contributed by atoms with Crippen LogP contribution in [0.15, 0.2) is 76.6 Å². The van der Waals surface area contributed by atoms with Crippen molar-refractivity contribution in [2.45, 2.75) is 4.90 Å². The maximum Gasteiger partial charge on any atom is 0.291 e. The van der Waals surface area contributed by atoms with Gasteiger partial charge in [-0.3, -0.25) is 24.5 Å². The maximum atomic E-state index is 11.6. The fourth-order valence-corrected chi connectivity index (χ4v) is 3.65. The van der Waals surface area contributed by atoms with Crippen molar-refractivity contribution >= 4 is 41.0 Å². The van der Waals surface area contributed by atoms with Crippen LogP contribution in [-0.4, -0.2) is 30.4 Å².